The van der Waals surface area contributed by atoms with Crippen LogP contribution in [0, 0.1) is 17.5 Å². The van der Waals surface area contributed by atoms with E-state index in [1.165, 1.54) is 12.5 Å². The second-order valence-electron chi connectivity index (χ2n) is 3.78. The Morgan fingerprint density at radius 1 is 1.05 bits per heavy atom. The zero-order valence-corrected chi connectivity index (χ0v) is 9.31. The maximum Gasteiger partial charge on any atom is 0.194 e. The van der Waals surface area contributed by atoms with E-state index in [1.54, 1.807) is 0 Å². The summed E-state index contributed by atoms with van der Waals surface area (Å²) in [6, 6.07) is 1.65. The van der Waals surface area contributed by atoms with Crippen LogP contribution in [0.1, 0.15) is 0 Å². The van der Waals surface area contributed by atoms with Gasteiger partial charge in [-0.3, -0.25) is 0 Å². The molecule has 2 aromatic heterocycles. The fourth-order valence-electron chi connectivity index (χ4n) is 1.72. The highest BCUT2D eigenvalue weighted by atomic mass is 19.2. The molecule has 5 nitrogen and oxygen atoms in total. The van der Waals surface area contributed by atoms with Crippen LogP contribution in [0.15, 0.2) is 24.7 Å². The van der Waals surface area contributed by atoms with Crippen molar-refractivity contribution in [2.24, 2.45) is 0 Å². The normalized spacial score (nSPS) is 11.1. The lowest BCUT2D eigenvalue weighted by Crippen LogP contribution is -2.02. The van der Waals surface area contributed by atoms with Gasteiger partial charge in [0, 0.05) is 12.1 Å². The topological polar surface area (TPSA) is 69.6 Å². The first-order valence-electron chi connectivity index (χ1n) is 5.17. The third-order valence-corrected chi connectivity index (χ3v) is 2.61. The Balaban J connectivity index is 2.28. The molecule has 0 spiro atoms. The Hall–Kier alpha value is -2.64. The van der Waals surface area contributed by atoms with Gasteiger partial charge >= 0.3 is 0 Å². The Bertz CT molecular complexity index is 760. The van der Waals surface area contributed by atoms with Gasteiger partial charge in [-0.05, 0) is 0 Å². The van der Waals surface area contributed by atoms with Crippen LogP contribution in [0.3, 0.4) is 0 Å². The fraction of sp³-hybridized carbons (Fsp3) is 0. The number of nitrogens with zero attached hydrogens (tertiary/aromatic N) is 4. The molecule has 1 aromatic carbocycles. The Kier molecular flexibility index (Phi) is 2.37. The van der Waals surface area contributed by atoms with E-state index in [2.05, 4.69) is 15.1 Å². The minimum Gasteiger partial charge on any atom is -0.383 e. The van der Waals surface area contributed by atoms with Crippen molar-refractivity contribution in [3.05, 3.63) is 42.1 Å². The van der Waals surface area contributed by atoms with Crippen molar-refractivity contribution in [1.29, 1.82) is 0 Å². The van der Waals surface area contributed by atoms with E-state index >= 15 is 0 Å². The molecule has 2 N–H and O–H groups in total. The summed E-state index contributed by atoms with van der Waals surface area (Å²) in [6.07, 6.45) is 2.57. The lowest BCUT2D eigenvalue weighted by molar-refractivity contribution is 0.446. The van der Waals surface area contributed by atoms with E-state index in [4.69, 9.17) is 5.73 Å². The fourth-order valence-corrected chi connectivity index (χ4v) is 1.72. The van der Waals surface area contributed by atoms with Crippen LogP contribution in [0.2, 0.25) is 0 Å². The number of hydrogen-bond donors (Lipinski definition) is 1. The second kappa shape index (κ2) is 3.94. The Morgan fingerprint density at radius 3 is 2.42 bits per heavy atom. The molecular weight excluding hydrogens is 259 g/mol. The summed E-state index contributed by atoms with van der Waals surface area (Å²) in [5.74, 6) is -3.95. The summed E-state index contributed by atoms with van der Waals surface area (Å²) < 4.78 is 40.5. The summed E-state index contributed by atoms with van der Waals surface area (Å²) in [7, 11) is 0. The molecule has 0 saturated heterocycles. The molecule has 0 radical (unpaired) electrons. The molecule has 0 atom stereocenters. The monoisotopic (exact) mass is 265 g/mol. The Labute approximate surface area is 104 Å². The van der Waals surface area contributed by atoms with Crippen LogP contribution in [-0.2, 0) is 0 Å². The average molecular weight is 265 g/mol. The van der Waals surface area contributed by atoms with Gasteiger partial charge in [-0.15, -0.1) is 0 Å². The molecule has 0 aliphatic heterocycles. The zero-order chi connectivity index (χ0) is 13.6. The smallest absolute Gasteiger partial charge is 0.194 e. The number of fused-ring (bicyclic) bond motifs is 1. The Morgan fingerprint density at radius 2 is 1.74 bits per heavy atom. The van der Waals surface area contributed by atoms with Gasteiger partial charge in [0.15, 0.2) is 23.1 Å². The molecule has 19 heavy (non-hydrogen) atoms. The number of nitrogens with two attached hydrogens (primary N) is 1. The molecule has 2 heterocycles. The number of rotatable bonds is 1. The molecule has 0 saturated carbocycles. The highest BCUT2D eigenvalue weighted by molar-refractivity contribution is 5.85. The van der Waals surface area contributed by atoms with Crippen molar-refractivity contribution < 1.29 is 13.2 Å². The van der Waals surface area contributed by atoms with Crippen molar-refractivity contribution in [3.63, 3.8) is 0 Å². The van der Waals surface area contributed by atoms with E-state index < -0.39 is 17.5 Å². The van der Waals surface area contributed by atoms with Crippen molar-refractivity contribution in [2.75, 3.05) is 5.73 Å². The van der Waals surface area contributed by atoms with Gasteiger partial charge in [0.25, 0.3) is 0 Å². The molecule has 3 aromatic rings. The minimum atomic E-state index is -1.53. The van der Waals surface area contributed by atoms with Crippen LogP contribution in [0.5, 0.6) is 0 Å². The van der Waals surface area contributed by atoms with E-state index in [1.807, 2.05) is 0 Å². The number of benzene rings is 1. The highest BCUT2D eigenvalue weighted by Crippen LogP contribution is 2.22. The second-order valence-corrected chi connectivity index (χ2v) is 3.78. The molecule has 0 amide bonds. The lowest BCUT2D eigenvalue weighted by atomic mass is 10.3. The van der Waals surface area contributed by atoms with Crippen LogP contribution < -0.4 is 5.73 Å². The van der Waals surface area contributed by atoms with Gasteiger partial charge in [0.05, 0.1) is 17.3 Å². The predicted octanol–water partition coefficient (Wildman–Crippen LogP) is 1.81. The summed E-state index contributed by atoms with van der Waals surface area (Å²) in [5, 5.41) is 4.35. The molecule has 3 rings (SSSR count). The van der Waals surface area contributed by atoms with Crippen LogP contribution in [0.4, 0.5) is 19.0 Å². The maximum atomic E-state index is 13.2. The van der Waals surface area contributed by atoms with Crippen molar-refractivity contribution in [1.82, 2.24) is 19.7 Å². The van der Waals surface area contributed by atoms with E-state index in [0.29, 0.717) is 5.39 Å². The van der Waals surface area contributed by atoms with Gasteiger partial charge in [-0.25, -0.2) is 27.8 Å². The third-order valence-electron chi connectivity index (χ3n) is 2.61. The van der Waals surface area contributed by atoms with E-state index in [9.17, 15) is 13.2 Å². The highest BCUT2D eigenvalue weighted by Gasteiger charge is 2.15. The zero-order valence-electron chi connectivity index (χ0n) is 9.31. The number of anilines is 1. The van der Waals surface area contributed by atoms with Crippen LogP contribution >= 0.6 is 0 Å². The lowest BCUT2D eigenvalue weighted by Gasteiger charge is -2.04. The summed E-state index contributed by atoms with van der Waals surface area (Å²) in [6.45, 7) is 0. The molecule has 0 aliphatic rings. The van der Waals surface area contributed by atoms with Crippen LogP contribution in [0.25, 0.3) is 16.7 Å². The van der Waals surface area contributed by atoms with Crippen molar-refractivity contribution in [3.8, 4) is 5.69 Å². The summed E-state index contributed by atoms with van der Waals surface area (Å²) in [4.78, 5) is 7.70. The van der Waals surface area contributed by atoms with Crippen LogP contribution in [-0.4, -0.2) is 19.7 Å². The molecule has 0 unspecified atom stereocenters. The molecule has 0 fully saturated rings. The SMILES string of the molecule is Nc1ncnc2c1cnn2-c1cc(F)c(F)c(F)c1. The van der Waals surface area contributed by atoms with Gasteiger partial charge in [0.2, 0.25) is 0 Å². The van der Waals surface area contributed by atoms with E-state index in [-0.39, 0.29) is 17.2 Å². The van der Waals surface area contributed by atoms with Gasteiger partial charge in [-0.2, -0.15) is 5.10 Å². The van der Waals surface area contributed by atoms with Crippen molar-refractivity contribution in [2.45, 2.75) is 0 Å². The largest absolute Gasteiger partial charge is 0.383 e. The molecule has 0 bridgehead atoms. The van der Waals surface area contributed by atoms with Crippen molar-refractivity contribution >= 4 is 16.9 Å². The van der Waals surface area contributed by atoms with E-state index in [0.717, 1.165) is 16.8 Å². The standard InChI is InChI=1S/C11H6F3N5/c12-7-1-5(2-8(13)9(7)14)19-11-6(3-18-19)10(15)16-4-17-11/h1-4H,(H2,15,16,17). The van der Waals surface area contributed by atoms with Gasteiger partial charge in [0.1, 0.15) is 12.1 Å². The molecule has 96 valence electrons. The molecular formula is C11H6F3N5. The van der Waals surface area contributed by atoms with Gasteiger partial charge in [-0.1, -0.05) is 0 Å². The number of nitrogen functional groups attached to an aromatic ring is 1. The predicted molar refractivity (Wildman–Crippen MR) is 60.9 cm³/mol. The molecule has 8 heteroatoms. The first kappa shape index (κ1) is 11.5. The summed E-state index contributed by atoms with van der Waals surface area (Å²) >= 11 is 0. The number of aromatic nitrogens is 4. The quantitative estimate of drug-likeness (QED) is 0.681. The average Bonchev–Trinajstić information content (AvgIpc) is 2.80. The maximum absolute atomic E-state index is 13.2. The first-order chi connectivity index (χ1) is 9.08. The first-order valence-corrected chi connectivity index (χ1v) is 5.17. The van der Waals surface area contributed by atoms with Gasteiger partial charge < -0.3 is 5.73 Å². The molecule has 0 aliphatic carbocycles. The number of hydrogen-bond acceptors (Lipinski definition) is 4. The number of halogens is 3. The third kappa shape index (κ3) is 1.68. The summed E-state index contributed by atoms with van der Waals surface area (Å²) in [5.41, 5.74) is 5.90. The minimum absolute atomic E-state index is 0.00417.